The topological polar surface area (TPSA) is 75.5 Å². The van der Waals surface area contributed by atoms with Gasteiger partial charge in [-0.1, -0.05) is 56.7 Å². The molecule has 1 aliphatic heterocycles. The summed E-state index contributed by atoms with van der Waals surface area (Å²) < 4.78 is 2.02. The van der Waals surface area contributed by atoms with Gasteiger partial charge in [-0.05, 0) is 81.5 Å². The zero-order chi connectivity index (χ0) is 26.5. The summed E-state index contributed by atoms with van der Waals surface area (Å²) in [5.41, 5.74) is 6.76. The second-order valence-electron chi connectivity index (χ2n) is 10.1. The van der Waals surface area contributed by atoms with Gasteiger partial charge in [-0.25, -0.2) is 4.98 Å². The van der Waals surface area contributed by atoms with E-state index in [9.17, 15) is 9.59 Å². The predicted octanol–water partition coefficient (Wildman–Crippen LogP) is 5.76. The lowest BCUT2D eigenvalue weighted by Crippen LogP contribution is -2.42. The normalized spacial score (nSPS) is 16.1. The van der Waals surface area contributed by atoms with Gasteiger partial charge in [0.05, 0.1) is 5.69 Å². The molecule has 0 aliphatic carbocycles. The largest absolute Gasteiger partial charge is 0.349 e. The van der Waals surface area contributed by atoms with Crippen molar-refractivity contribution in [1.82, 2.24) is 20.0 Å². The number of rotatable bonds is 8. The van der Waals surface area contributed by atoms with Crippen molar-refractivity contribution in [1.29, 1.82) is 0 Å². The number of piperidine rings is 1. The number of imidazole rings is 1. The van der Waals surface area contributed by atoms with Crippen molar-refractivity contribution in [3.05, 3.63) is 77.1 Å². The summed E-state index contributed by atoms with van der Waals surface area (Å²) in [4.78, 5) is 30.3. The molecule has 1 fully saturated rings. The lowest BCUT2D eigenvalue weighted by molar-refractivity contribution is -0.113. The summed E-state index contributed by atoms with van der Waals surface area (Å²) in [5.74, 6) is 0.400. The monoisotopic (exact) mass is 498 g/mol. The van der Waals surface area contributed by atoms with E-state index in [1.54, 1.807) is 6.92 Å². The number of hydrogen-bond donors (Lipinski definition) is 2. The van der Waals surface area contributed by atoms with Crippen LogP contribution in [0.4, 0.5) is 0 Å². The van der Waals surface area contributed by atoms with Crippen molar-refractivity contribution < 1.29 is 9.59 Å². The number of aromatic nitrogens is 2. The lowest BCUT2D eigenvalue weighted by atomic mass is 9.91. The van der Waals surface area contributed by atoms with Crippen LogP contribution in [0, 0.1) is 12.8 Å². The number of hydrogen-bond acceptors (Lipinski definition) is 4. The van der Waals surface area contributed by atoms with Gasteiger partial charge in [0.2, 0.25) is 0 Å². The molecule has 3 heterocycles. The molecule has 194 valence electrons. The van der Waals surface area contributed by atoms with Crippen LogP contribution in [0.5, 0.6) is 0 Å². The van der Waals surface area contributed by atoms with Crippen LogP contribution in [0.3, 0.4) is 0 Å². The molecule has 1 amide bonds. The minimum atomic E-state index is -0.0607. The van der Waals surface area contributed by atoms with Gasteiger partial charge in [-0.15, -0.1) is 0 Å². The molecule has 1 aliphatic rings. The van der Waals surface area contributed by atoms with Crippen molar-refractivity contribution in [2.24, 2.45) is 5.92 Å². The number of nitrogens with one attached hydrogen (secondary N) is 2. The van der Waals surface area contributed by atoms with Gasteiger partial charge in [0.1, 0.15) is 5.65 Å². The van der Waals surface area contributed by atoms with E-state index in [4.69, 9.17) is 4.98 Å². The molecule has 0 bridgehead atoms. The van der Waals surface area contributed by atoms with Crippen LogP contribution in [-0.4, -0.2) is 40.2 Å². The van der Waals surface area contributed by atoms with E-state index in [0.717, 1.165) is 71.7 Å². The summed E-state index contributed by atoms with van der Waals surface area (Å²) in [6.07, 6.45) is 9.09. The molecule has 6 nitrogen and oxygen atoms in total. The maximum atomic E-state index is 12.9. The summed E-state index contributed by atoms with van der Waals surface area (Å²) in [6.45, 7) is 11.7. The third-order valence-corrected chi connectivity index (χ3v) is 7.44. The van der Waals surface area contributed by atoms with Crippen molar-refractivity contribution in [2.45, 2.75) is 59.9 Å². The molecule has 4 rings (SSSR count). The highest BCUT2D eigenvalue weighted by atomic mass is 16.1. The first kappa shape index (κ1) is 26.6. The lowest BCUT2D eigenvalue weighted by Gasteiger charge is -2.23. The highest BCUT2D eigenvalue weighted by Gasteiger charge is 2.20. The summed E-state index contributed by atoms with van der Waals surface area (Å²) in [6, 6.07) is 12.0. The molecule has 37 heavy (non-hydrogen) atoms. The second-order valence-corrected chi connectivity index (χ2v) is 10.1. The van der Waals surface area contributed by atoms with E-state index in [2.05, 4.69) is 48.8 Å². The summed E-state index contributed by atoms with van der Waals surface area (Å²) in [7, 11) is 0. The predicted molar refractivity (Wildman–Crippen MR) is 151 cm³/mol. The number of allylic oxidation sites excluding steroid dienone is 4. The maximum Gasteiger partial charge on any atom is 0.251 e. The van der Waals surface area contributed by atoms with E-state index in [1.807, 2.05) is 48.7 Å². The molecule has 6 heteroatoms. The van der Waals surface area contributed by atoms with Gasteiger partial charge in [-0.3, -0.25) is 9.59 Å². The summed E-state index contributed by atoms with van der Waals surface area (Å²) in [5, 5.41) is 6.49. The summed E-state index contributed by atoms with van der Waals surface area (Å²) >= 11 is 0. The zero-order valence-corrected chi connectivity index (χ0v) is 22.6. The Labute approximate surface area is 219 Å². The highest BCUT2D eigenvalue weighted by Crippen LogP contribution is 2.34. The molecule has 0 radical (unpaired) electrons. The Kier molecular flexibility index (Phi) is 8.39. The number of pyridine rings is 1. The number of amides is 1. The Morgan fingerprint density at radius 1 is 1.19 bits per heavy atom. The van der Waals surface area contributed by atoms with Crippen molar-refractivity contribution in [2.75, 3.05) is 13.1 Å². The van der Waals surface area contributed by atoms with Gasteiger partial charge < -0.3 is 15.0 Å². The first-order valence-electron chi connectivity index (χ1n) is 13.3. The van der Waals surface area contributed by atoms with Crippen LogP contribution in [0.1, 0.15) is 68.6 Å². The van der Waals surface area contributed by atoms with Gasteiger partial charge in [0.25, 0.3) is 5.91 Å². The molecule has 3 aromatic rings. The van der Waals surface area contributed by atoms with Crippen LogP contribution >= 0.6 is 0 Å². The SMILES string of the molecule is CCC(C)/C=C\C(=C(\C)C(C)=O)c1ccccc1-c1nc2cc(C(=O)NC3CCNCC3)ccn2c1C. The van der Waals surface area contributed by atoms with E-state index in [-0.39, 0.29) is 17.7 Å². The molecule has 1 atom stereocenters. The molecular weight excluding hydrogens is 460 g/mol. The maximum absolute atomic E-state index is 12.9. The molecule has 0 saturated carbocycles. The number of benzene rings is 1. The highest BCUT2D eigenvalue weighted by molar-refractivity contribution is 6.04. The minimum absolute atomic E-state index is 0.0507. The molecule has 2 N–H and O–H groups in total. The fraction of sp³-hybridized carbons (Fsp3) is 0.387. The van der Waals surface area contributed by atoms with Crippen molar-refractivity contribution >= 4 is 22.9 Å². The molecule has 2 aromatic heterocycles. The number of carbonyl (C=O) groups excluding carboxylic acids is 2. The molecule has 1 aromatic carbocycles. The van der Waals surface area contributed by atoms with E-state index >= 15 is 0 Å². The van der Waals surface area contributed by atoms with Crippen molar-refractivity contribution in [3.63, 3.8) is 0 Å². The average Bonchev–Trinajstić information content (AvgIpc) is 3.24. The molecule has 1 saturated heterocycles. The third-order valence-electron chi connectivity index (χ3n) is 7.44. The molecule has 0 spiro atoms. The smallest absolute Gasteiger partial charge is 0.251 e. The van der Waals surface area contributed by atoms with Gasteiger partial charge >= 0.3 is 0 Å². The van der Waals surface area contributed by atoms with Crippen LogP contribution < -0.4 is 10.6 Å². The van der Waals surface area contributed by atoms with E-state index in [0.29, 0.717) is 11.5 Å². The Hall–Kier alpha value is -3.51. The van der Waals surface area contributed by atoms with Crippen LogP contribution in [0.25, 0.3) is 22.5 Å². The minimum Gasteiger partial charge on any atom is -0.349 e. The Morgan fingerprint density at radius 3 is 2.62 bits per heavy atom. The molecular formula is C31H38N4O2. The fourth-order valence-corrected chi connectivity index (χ4v) is 4.73. The zero-order valence-electron chi connectivity index (χ0n) is 22.6. The van der Waals surface area contributed by atoms with Crippen LogP contribution in [0.2, 0.25) is 0 Å². The van der Waals surface area contributed by atoms with Gasteiger partial charge in [0.15, 0.2) is 5.78 Å². The standard InChI is InChI=1S/C31H38N4O2/c1-6-20(2)11-12-26(21(3)23(5)36)27-9-7-8-10-28(27)30-22(4)35-18-15-24(19-29(35)34-30)31(37)33-25-13-16-32-17-14-25/h7-12,15,18-20,25,32H,6,13-14,16-17H2,1-5H3,(H,33,37)/b12-11-,26-21+. The quantitative estimate of drug-likeness (QED) is 0.306. The fourth-order valence-electron chi connectivity index (χ4n) is 4.73. The first-order valence-corrected chi connectivity index (χ1v) is 13.3. The Bertz CT molecular complexity index is 1360. The number of carbonyl (C=O) groups is 2. The number of nitrogens with zero attached hydrogens (tertiary/aromatic N) is 2. The van der Waals surface area contributed by atoms with Crippen LogP contribution in [0.15, 0.2) is 60.3 Å². The number of ketones is 1. The Balaban J connectivity index is 1.75. The van der Waals surface area contributed by atoms with E-state index < -0.39 is 0 Å². The van der Waals surface area contributed by atoms with E-state index in [1.165, 1.54) is 0 Å². The van der Waals surface area contributed by atoms with Gasteiger partial charge in [0, 0.05) is 29.1 Å². The van der Waals surface area contributed by atoms with Gasteiger partial charge in [-0.2, -0.15) is 0 Å². The Morgan fingerprint density at radius 2 is 1.92 bits per heavy atom. The second kappa shape index (κ2) is 11.7. The number of fused-ring (bicyclic) bond motifs is 1. The van der Waals surface area contributed by atoms with Crippen molar-refractivity contribution in [3.8, 4) is 11.3 Å². The number of Topliss-reactive ketones (excluding diaryl/α,β-unsaturated/α-hetero) is 1. The third kappa shape index (κ3) is 5.91. The number of aryl methyl sites for hydroxylation is 1. The van der Waals surface area contributed by atoms with Crippen LogP contribution in [-0.2, 0) is 4.79 Å². The average molecular weight is 499 g/mol. The molecule has 1 unspecified atom stereocenters. The first-order chi connectivity index (χ1) is 17.8.